The highest BCUT2D eigenvalue weighted by molar-refractivity contribution is 7.13. The van der Waals surface area contributed by atoms with Crippen molar-refractivity contribution in [3.05, 3.63) is 95.0 Å². The Bertz CT molecular complexity index is 2490. The van der Waals surface area contributed by atoms with Crippen LogP contribution in [0.3, 0.4) is 0 Å². The van der Waals surface area contributed by atoms with Crippen molar-refractivity contribution < 1.29 is 24.3 Å². The van der Waals surface area contributed by atoms with Crippen molar-refractivity contribution >= 4 is 40.0 Å². The number of anilines is 1. The minimum absolute atomic E-state index is 0.0690. The maximum absolute atomic E-state index is 14.4. The first-order chi connectivity index (χ1) is 28.5. The number of para-hydroxylation sites is 1. The van der Waals surface area contributed by atoms with E-state index in [0.717, 1.165) is 71.5 Å². The molecule has 5 atom stereocenters. The molecule has 2 aliphatic heterocycles. The molecule has 0 radical (unpaired) electrons. The number of thiazole rings is 1. The number of fused-ring (bicyclic) bond motifs is 1. The molecule has 4 aromatic heterocycles. The number of likely N-dealkylation sites (tertiary alicyclic amines) is 1. The number of benzene rings is 2. The lowest BCUT2D eigenvalue weighted by atomic mass is 9.91. The quantitative estimate of drug-likeness (QED) is 0.119. The Morgan fingerprint density at radius 2 is 1.78 bits per heavy atom. The number of aromatic hydroxyl groups is 1. The maximum Gasteiger partial charge on any atom is 0.243 e. The molecule has 2 amide bonds. The van der Waals surface area contributed by atoms with Gasteiger partial charge in [-0.3, -0.25) is 9.59 Å². The van der Waals surface area contributed by atoms with Crippen LogP contribution in [-0.4, -0.2) is 83.6 Å². The number of phenols is 1. The van der Waals surface area contributed by atoms with Crippen LogP contribution in [0.4, 0.5) is 5.82 Å². The molecule has 14 heteroatoms. The highest BCUT2D eigenvalue weighted by Crippen LogP contribution is 2.44. The lowest BCUT2D eigenvalue weighted by Gasteiger charge is -2.33. The Morgan fingerprint density at radius 3 is 2.51 bits per heavy atom. The van der Waals surface area contributed by atoms with Gasteiger partial charge in [0.25, 0.3) is 0 Å². The van der Waals surface area contributed by atoms with Gasteiger partial charge in [-0.25, -0.2) is 4.98 Å². The maximum atomic E-state index is 14.4. The van der Waals surface area contributed by atoms with E-state index in [4.69, 9.17) is 4.52 Å². The van der Waals surface area contributed by atoms with Gasteiger partial charge in [-0.2, -0.15) is 0 Å². The third kappa shape index (κ3) is 7.59. The summed E-state index contributed by atoms with van der Waals surface area (Å²) in [6, 6.07) is 20.7. The van der Waals surface area contributed by atoms with Crippen molar-refractivity contribution in [3.8, 4) is 27.4 Å². The molecular formula is C45H50N8O5S. The minimum Gasteiger partial charge on any atom is -0.507 e. The number of hydrogen-bond acceptors (Lipinski definition) is 11. The molecule has 6 heterocycles. The molecule has 306 valence electrons. The lowest BCUT2D eigenvalue weighted by molar-refractivity contribution is -0.141. The van der Waals surface area contributed by atoms with E-state index < -0.39 is 18.1 Å². The van der Waals surface area contributed by atoms with E-state index in [9.17, 15) is 19.8 Å². The summed E-state index contributed by atoms with van der Waals surface area (Å²) in [5, 5.41) is 38.0. The fourth-order valence-corrected chi connectivity index (χ4v) is 9.84. The number of aliphatic hydroxyl groups excluding tert-OH is 1. The van der Waals surface area contributed by atoms with Gasteiger partial charge >= 0.3 is 0 Å². The van der Waals surface area contributed by atoms with Crippen LogP contribution in [0.1, 0.15) is 99.5 Å². The summed E-state index contributed by atoms with van der Waals surface area (Å²) in [4.78, 5) is 37.5. The zero-order chi connectivity index (χ0) is 40.9. The van der Waals surface area contributed by atoms with Crippen molar-refractivity contribution in [2.24, 2.45) is 5.92 Å². The highest BCUT2D eigenvalue weighted by atomic mass is 32.1. The Kier molecular flexibility index (Phi) is 10.5. The van der Waals surface area contributed by atoms with Gasteiger partial charge in [-0.15, -0.1) is 21.5 Å². The first kappa shape index (κ1) is 38.9. The second-order valence-corrected chi connectivity index (χ2v) is 17.7. The summed E-state index contributed by atoms with van der Waals surface area (Å²) in [5.41, 5.74) is 9.24. The molecule has 0 bridgehead atoms. The number of hydrogen-bond donors (Lipinski definition) is 3. The second-order valence-electron chi connectivity index (χ2n) is 16.8. The monoisotopic (exact) mass is 814 g/mol. The van der Waals surface area contributed by atoms with Gasteiger partial charge in [-0.05, 0) is 80.8 Å². The normalized spacial score (nSPS) is 20.7. The molecule has 13 nitrogen and oxygen atoms in total. The fourth-order valence-electron chi connectivity index (χ4n) is 9.03. The van der Waals surface area contributed by atoms with E-state index in [1.165, 1.54) is 10.6 Å². The third-order valence-electron chi connectivity index (χ3n) is 12.3. The number of nitrogens with one attached hydrogen (secondary N) is 1. The average Bonchev–Trinajstić information content (AvgIpc) is 3.53. The van der Waals surface area contributed by atoms with Crippen molar-refractivity contribution in [1.29, 1.82) is 0 Å². The van der Waals surface area contributed by atoms with Crippen molar-refractivity contribution in [3.63, 3.8) is 0 Å². The largest absolute Gasteiger partial charge is 0.507 e. The average molecular weight is 815 g/mol. The first-order valence-electron chi connectivity index (χ1n) is 20.7. The topological polar surface area (TPSA) is 163 Å². The number of carbonyl (C=O) groups excluding carboxylic acids is 2. The van der Waals surface area contributed by atoms with Crippen LogP contribution in [0.2, 0.25) is 0 Å². The number of rotatable bonds is 11. The lowest BCUT2D eigenvalue weighted by Crippen LogP contribution is -2.48. The van der Waals surface area contributed by atoms with Crippen LogP contribution in [0.25, 0.3) is 32.7 Å². The predicted octanol–water partition coefficient (Wildman–Crippen LogP) is 7.52. The van der Waals surface area contributed by atoms with Gasteiger partial charge in [0.15, 0.2) is 11.6 Å². The number of aliphatic hydroxyl groups is 1. The summed E-state index contributed by atoms with van der Waals surface area (Å²) in [5.74, 6) is 0.120. The zero-order valence-electron chi connectivity index (χ0n) is 33.8. The van der Waals surface area contributed by atoms with Crippen LogP contribution < -0.4 is 10.2 Å². The Hall–Kier alpha value is -5.60. The van der Waals surface area contributed by atoms with E-state index in [2.05, 4.69) is 41.2 Å². The Balaban J connectivity index is 0.904. The molecule has 59 heavy (non-hydrogen) atoms. The van der Waals surface area contributed by atoms with E-state index >= 15 is 0 Å². The van der Waals surface area contributed by atoms with Crippen LogP contribution >= 0.6 is 11.3 Å². The van der Waals surface area contributed by atoms with E-state index in [1.807, 2.05) is 81.7 Å². The molecule has 3 N–H and O–H groups in total. The van der Waals surface area contributed by atoms with Gasteiger partial charge in [0, 0.05) is 55.3 Å². The van der Waals surface area contributed by atoms with E-state index in [-0.39, 0.29) is 48.4 Å². The van der Waals surface area contributed by atoms with Gasteiger partial charge < -0.3 is 34.4 Å². The summed E-state index contributed by atoms with van der Waals surface area (Å²) in [6.07, 6.45) is 3.53. The van der Waals surface area contributed by atoms with Crippen molar-refractivity contribution in [2.45, 2.75) is 95.9 Å². The number of aromatic nitrogens is 5. The van der Waals surface area contributed by atoms with E-state index in [1.54, 1.807) is 23.5 Å². The molecule has 0 spiro atoms. The smallest absolute Gasteiger partial charge is 0.243 e. The number of phenolic OH excluding ortho intramolecular Hbond substituents is 1. The van der Waals surface area contributed by atoms with Gasteiger partial charge in [0.2, 0.25) is 11.8 Å². The molecular weight excluding hydrogens is 765 g/mol. The molecule has 2 aromatic carbocycles. The SMILES string of the molecule is Cc1ncsc1-c1ccc([C@H](C)NC(=O)[C@@H]2C[C@@H](O)CN2C(=O)[C@@H](c2cc(N3CCC[C@H](c4cc5nnc(-c6ccccc6O)cc5n4C4CC4)C3)no2)C(C)C)cc1. The van der Waals surface area contributed by atoms with Gasteiger partial charge in [0.1, 0.15) is 23.2 Å². The summed E-state index contributed by atoms with van der Waals surface area (Å²) in [7, 11) is 0. The first-order valence-corrected chi connectivity index (χ1v) is 21.6. The number of aryl methyl sites for hydroxylation is 1. The molecule has 6 aromatic rings. The highest BCUT2D eigenvalue weighted by Gasteiger charge is 2.44. The van der Waals surface area contributed by atoms with Crippen molar-refractivity contribution in [1.82, 2.24) is 35.1 Å². The number of amides is 2. The van der Waals surface area contributed by atoms with Crippen LogP contribution in [0.15, 0.2) is 76.8 Å². The fraction of sp³-hybridized carbons (Fsp3) is 0.422. The van der Waals surface area contributed by atoms with Crippen molar-refractivity contribution in [2.75, 3.05) is 24.5 Å². The summed E-state index contributed by atoms with van der Waals surface area (Å²) in [6.45, 7) is 9.44. The van der Waals surface area contributed by atoms with E-state index in [0.29, 0.717) is 28.9 Å². The molecule has 1 saturated carbocycles. The number of β-amino-alcohol motifs (C(OH)–C–C–N with tert-alkyl or cyclic N) is 1. The predicted molar refractivity (Wildman–Crippen MR) is 226 cm³/mol. The van der Waals surface area contributed by atoms with Crippen LogP contribution in [0.5, 0.6) is 5.75 Å². The summed E-state index contributed by atoms with van der Waals surface area (Å²) >= 11 is 1.60. The standard InChI is InChI=1S/C45H50N8O5S/c1-25(2)42(45(57)52-23-32(54)18-38(52)44(56)47-26(3)28-11-13-29(14-12-28)43-27(4)46-24-59-43)40-21-41(50-58-40)51-17-7-8-30(22-51)36-20-35-37(53(36)31-15-16-31)19-34(48-49-35)33-9-5-6-10-39(33)55/h5-6,9-14,19-21,24-26,30-32,38,42,54-55H,7-8,15-18,22-23H2,1-4H3,(H,47,56)/t26-,30-,32+,38-,42+/m0/s1. The molecule has 2 saturated heterocycles. The molecule has 1 aliphatic carbocycles. The second kappa shape index (κ2) is 15.9. The molecule has 3 aliphatic rings. The molecule has 3 fully saturated rings. The third-order valence-corrected chi connectivity index (χ3v) is 13.3. The molecule has 9 rings (SSSR count). The van der Waals surface area contributed by atoms with Crippen LogP contribution in [-0.2, 0) is 9.59 Å². The minimum atomic E-state index is -0.817. The summed E-state index contributed by atoms with van der Waals surface area (Å²) < 4.78 is 8.42. The Labute approximate surface area is 347 Å². The number of nitrogens with zero attached hydrogens (tertiary/aromatic N) is 7. The van der Waals surface area contributed by atoms with Crippen LogP contribution in [0, 0.1) is 12.8 Å². The number of carbonyl (C=O) groups is 2. The Morgan fingerprint density at radius 1 is 0.983 bits per heavy atom. The zero-order valence-corrected chi connectivity index (χ0v) is 34.6. The number of piperidine rings is 1. The van der Waals surface area contributed by atoms with Gasteiger partial charge in [-0.1, -0.05) is 55.4 Å². The molecule has 0 unspecified atom stereocenters. The van der Waals surface area contributed by atoms with Gasteiger partial charge in [0.05, 0.1) is 39.4 Å².